The van der Waals surface area contributed by atoms with E-state index >= 15 is 0 Å². The fourth-order valence-corrected chi connectivity index (χ4v) is 2.46. The third-order valence-electron chi connectivity index (χ3n) is 3.89. The van der Waals surface area contributed by atoms with Crippen LogP contribution in [0.2, 0.25) is 0 Å². The quantitative estimate of drug-likeness (QED) is 0.460. The summed E-state index contributed by atoms with van der Waals surface area (Å²) in [5.74, 6) is 0.0636. The smallest absolute Gasteiger partial charge is 0.342 e. The normalized spacial score (nSPS) is 13.9. The van der Waals surface area contributed by atoms with Crippen molar-refractivity contribution >= 4 is 0 Å². The lowest BCUT2D eigenvalue weighted by molar-refractivity contribution is 0.0711. The maximum atomic E-state index is 11.4. The minimum absolute atomic E-state index is 0.0800. The fraction of sp³-hybridized carbons (Fsp3) is 0.706. The number of unbranched alkanes of at least 4 members (excludes halogenated alkanes) is 4. The maximum absolute atomic E-state index is 11.4. The second kappa shape index (κ2) is 10.4. The minimum Gasteiger partial charge on any atom is -0.507 e. The summed E-state index contributed by atoms with van der Waals surface area (Å²) in [7, 11) is 0. The van der Waals surface area contributed by atoms with Gasteiger partial charge in [0.15, 0.2) is 0 Å². The van der Waals surface area contributed by atoms with Gasteiger partial charge in [0, 0.05) is 19.1 Å². The topological polar surface area (TPSA) is 111 Å². The number of aliphatic hydroxyl groups excluding tert-OH is 3. The van der Waals surface area contributed by atoms with Crippen LogP contribution < -0.4 is 5.63 Å². The molecule has 2 unspecified atom stereocenters. The molecule has 1 aromatic heterocycles. The van der Waals surface area contributed by atoms with Crippen molar-refractivity contribution in [3.05, 3.63) is 27.8 Å². The molecule has 1 aromatic rings. The predicted molar refractivity (Wildman–Crippen MR) is 86.5 cm³/mol. The molecule has 4 N–H and O–H groups in total. The summed E-state index contributed by atoms with van der Waals surface area (Å²) in [4.78, 5) is 11.4. The van der Waals surface area contributed by atoms with Crippen molar-refractivity contribution < 1.29 is 24.8 Å². The number of hydrogen-bond acceptors (Lipinski definition) is 6. The molecule has 0 aliphatic rings. The monoisotopic (exact) mass is 328 g/mol. The first-order valence-corrected chi connectivity index (χ1v) is 8.23. The minimum atomic E-state index is -0.829. The van der Waals surface area contributed by atoms with E-state index in [2.05, 4.69) is 0 Å². The maximum Gasteiger partial charge on any atom is 0.342 e. The van der Waals surface area contributed by atoms with Gasteiger partial charge in [0.25, 0.3) is 0 Å². The van der Waals surface area contributed by atoms with E-state index in [9.17, 15) is 20.1 Å². The number of aromatic hydroxyl groups is 1. The first-order valence-electron chi connectivity index (χ1n) is 8.23. The van der Waals surface area contributed by atoms with Gasteiger partial charge in [-0.2, -0.15) is 0 Å². The van der Waals surface area contributed by atoms with Crippen molar-refractivity contribution in [1.29, 1.82) is 0 Å². The van der Waals surface area contributed by atoms with Crippen molar-refractivity contribution in [2.24, 2.45) is 0 Å². The van der Waals surface area contributed by atoms with Gasteiger partial charge in [0.05, 0.1) is 17.8 Å². The van der Waals surface area contributed by atoms with Crippen LogP contribution in [0.15, 0.2) is 15.3 Å². The largest absolute Gasteiger partial charge is 0.507 e. The molecule has 0 saturated heterocycles. The molecule has 6 heteroatoms. The van der Waals surface area contributed by atoms with Crippen molar-refractivity contribution in [2.75, 3.05) is 6.61 Å². The predicted octanol–water partition coefficient (Wildman–Crippen LogP) is 1.64. The molecule has 0 aliphatic heterocycles. The second-order valence-electron chi connectivity index (χ2n) is 6.04. The lowest BCUT2D eigenvalue weighted by Gasteiger charge is -2.15. The van der Waals surface area contributed by atoms with E-state index in [0.717, 1.165) is 32.1 Å². The van der Waals surface area contributed by atoms with Crippen LogP contribution in [-0.4, -0.2) is 39.2 Å². The highest BCUT2D eigenvalue weighted by Gasteiger charge is 2.15. The summed E-state index contributed by atoms with van der Waals surface area (Å²) >= 11 is 0. The summed E-state index contributed by atoms with van der Waals surface area (Å²) in [6.45, 7) is 1.69. The Morgan fingerprint density at radius 3 is 2.39 bits per heavy atom. The molecule has 1 rings (SSSR count). The average molecular weight is 328 g/mol. The zero-order valence-corrected chi connectivity index (χ0v) is 13.7. The van der Waals surface area contributed by atoms with Gasteiger partial charge in [-0.15, -0.1) is 0 Å². The van der Waals surface area contributed by atoms with E-state index in [1.807, 2.05) is 0 Å². The Morgan fingerprint density at radius 2 is 1.74 bits per heavy atom. The molecular weight excluding hydrogens is 300 g/mol. The van der Waals surface area contributed by atoms with Gasteiger partial charge in [-0.3, -0.25) is 0 Å². The van der Waals surface area contributed by atoms with Gasteiger partial charge >= 0.3 is 5.63 Å². The van der Waals surface area contributed by atoms with Gasteiger partial charge in [0.1, 0.15) is 11.5 Å². The van der Waals surface area contributed by atoms with E-state index in [1.165, 1.54) is 13.0 Å². The number of aliphatic hydroxyl groups is 3. The summed E-state index contributed by atoms with van der Waals surface area (Å²) in [6, 6.07) is 1.33. The van der Waals surface area contributed by atoms with Crippen molar-refractivity contribution in [3.63, 3.8) is 0 Å². The molecule has 23 heavy (non-hydrogen) atoms. The molecule has 0 amide bonds. The van der Waals surface area contributed by atoms with Crippen LogP contribution in [0.4, 0.5) is 0 Å². The molecule has 6 nitrogen and oxygen atoms in total. The standard InChI is InChI=1S/C17H28O6/c1-12-16(21)11-15(23-17(12)22)10-14(20)9-13(19)7-5-3-2-4-6-8-18/h11,13-14,18-21H,2-10H2,1H3. The molecule has 0 aromatic carbocycles. The Balaban J connectivity index is 2.30. The Kier molecular flexibility index (Phi) is 8.91. The van der Waals surface area contributed by atoms with Crippen LogP contribution in [0.5, 0.6) is 5.75 Å². The average Bonchev–Trinajstić information content (AvgIpc) is 2.48. The first kappa shape index (κ1) is 19.7. The molecule has 0 spiro atoms. The first-order chi connectivity index (χ1) is 10.9. The van der Waals surface area contributed by atoms with Crippen LogP contribution >= 0.6 is 0 Å². The molecule has 0 bridgehead atoms. The third-order valence-corrected chi connectivity index (χ3v) is 3.89. The van der Waals surface area contributed by atoms with Gasteiger partial charge in [-0.25, -0.2) is 4.79 Å². The van der Waals surface area contributed by atoms with Crippen LogP contribution in [0, 0.1) is 6.92 Å². The van der Waals surface area contributed by atoms with Crippen LogP contribution in [0.1, 0.15) is 56.3 Å². The Bertz CT molecular complexity index is 510. The Labute approximate surface area is 136 Å². The van der Waals surface area contributed by atoms with Gasteiger partial charge in [-0.05, 0) is 26.2 Å². The van der Waals surface area contributed by atoms with Crippen molar-refractivity contribution in [2.45, 2.75) is 70.5 Å². The number of hydrogen-bond donors (Lipinski definition) is 4. The molecule has 0 fully saturated rings. The molecule has 2 atom stereocenters. The summed E-state index contributed by atoms with van der Waals surface area (Å²) in [6.07, 6.45) is 4.17. The zero-order valence-electron chi connectivity index (χ0n) is 13.7. The lowest BCUT2D eigenvalue weighted by atomic mass is 10.0. The van der Waals surface area contributed by atoms with Crippen LogP contribution in [-0.2, 0) is 6.42 Å². The Hall–Kier alpha value is -1.37. The highest BCUT2D eigenvalue weighted by atomic mass is 16.4. The second-order valence-corrected chi connectivity index (χ2v) is 6.04. The Morgan fingerprint density at radius 1 is 1.09 bits per heavy atom. The van der Waals surface area contributed by atoms with E-state index < -0.39 is 17.8 Å². The van der Waals surface area contributed by atoms with E-state index in [0.29, 0.717) is 6.42 Å². The van der Waals surface area contributed by atoms with Gasteiger partial charge < -0.3 is 24.8 Å². The highest BCUT2D eigenvalue weighted by Crippen LogP contribution is 2.17. The summed E-state index contributed by atoms with van der Waals surface area (Å²) < 4.78 is 5.00. The fourth-order valence-electron chi connectivity index (χ4n) is 2.46. The summed E-state index contributed by atoms with van der Waals surface area (Å²) in [5, 5.41) is 38.1. The molecule has 1 heterocycles. The molecule has 0 radical (unpaired) electrons. The molecule has 0 aliphatic carbocycles. The number of rotatable bonds is 11. The van der Waals surface area contributed by atoms with E-state index in [-0.39, 0.29) is 36.5 Å². The van der Waals surface area contributed by atoms with Crippen LogP contribution in [0.3, 0.4) is 0 Å². The van der Waals surface area contributed by atoms with E-state index in [1.54, 1.807) is 0 Å². The van der Waals surface area contributed by atoms with Crippen molar-refractivity contribution in [3.8, 4) is 5.75 Å². The molecule has 0 saturated carbocycles. The SMILES string of the molecule is Cc1c(O)cc(CC(O)CC(O)CCCCCCCO)oc1=O. The summed E-state index contributed by atoms with van der Waals surface area (Å²) in [5.41, 5.74) is -0.472. The highest BCUT2D eigenvalue weighted by molar-refractivity contribution is 5.28. The van der Waals surface area contributed by atoms with Crippen molar-refractivity contribution in [1.82, 2.24) is 0 Å². The van der Waals surface area contributed by atoms with Crippen LogP contribution in [0.25, 0.3) is 0 Å². The zero-order chi connectivity index (χ0) is 17.2. The third kappa shape index (κ3) is 7.63. The molecular formula is C17H28O6. The lowest BCUT2D eigenvalue weighted by Crippen LogP contribution is -2.20. The van der Waals surface area contributed by atoms with Gasteiger partial charge in [0.2, 0.25) is 0 Å². The van der Waals surface area contributed by atoms with Gasteiger partial charge in [-0.1, -0.05) is 25.7 Å². The molecule has 132 valence electrons. The van der Waals surface area contributed by atoms with E-state index in [4.69, 9.17) is 9.52 Å².